The number of aliphatic carboxylic acids is 1. The molecule has 1 aromatic heterocycles. The number of rotatable bonds is 9. The van der Waals surface area contributed by atoms with Crippen LogP contribution in [-0.2, 0) is 59.2 Å². The van der Waals surface area contributed by atoms with Gasteiger partial charge in [-0.05, 0) is 64.2 Å². The van der Waals surface area contributed by atoms with E-state index in [-0.39, 0.29) is 32.1 Å². The number of anilines is 1. The number of carbonyl (C=O) groups is 7. The van der Waals surface area contributed by atoms with Crippen LogP contribution in [0.3, 0.4) is 0 Å². The number of nitrogens with one attached hydrogen (secondary N) is 6. The highest BCUT2D eigenvalue weighted by atomic mass is 32.1. The molecule has 14 nitrogen and oxygen atoms in total. The lowest BCUT2D eigenvalue weighted by molar-refractivity contribution is -0.142. The molecule has 0 fully saturated rings. The van der Waals surface area contributed by atoms with Crippen LogP contribution in [0, 0.1) is 0 Å². The predicted octanol–water partition coefficient (Wildman–Crippen LogP) is 3.95. The molecule has 5 aromatic rings. The lowest BCUT2D eigenvalue weighted by Crippen LogP contribution is -2.59. The van der Waals surface area contributed by atoms with Crippen molar-refractivity contribution >= 4 is 58.4 Å². The van der Waals surface area contributed by atoms with E-state index in [9.17, 15) is 38.7 Å². The molecule has 5 atom stereocenters. The molecular formula is C47H48N6O8S. The number of hydrogen-bond donors (Lipinski definition) is 7. The first-order valence-electron chi connectivity index (χ1n) is 20.2. The molecule has 0 spiro atoms. The zero-order chi connectivity index (χ0) is 44.0. The molecule has 4 aromatic carbocycles. The van der Waals surface area contributed by atoms with Crippen LogP contribution in [0.5, 0.6) is 0 Å². The Morgan fingerprint density at radius 3 is 1.77 bits per heavy atom. The molecule has 6 amide bonds. The normalized spacial score (nSPS) is 20.5. The second-order valence-corrected chi connectivity index (χ2v) is 16.1. The first kappa shape index (κ1) is 44.4. The summed E-state index contributed by atoms with van der Waals surface area (Å²) in [5.41, 5.74) is 4.36. The average molecular weight is 857 g/mol. The standard InChI is InChI=1S/C47H48N6O8S/c1-29(54)48-41-28-42(55)50-40(27-36-13-8-24-62-36)46(59)53-39(26-32-14-19-34(20-15-32)33-11-6-3-7-12-33)45(58)52-38(25-31-9-4-2-5-10-31)44(57)51-37(47(60)61)23-18-30-16-21-35(22-17-30)49-43(41)56/h2-17,19-22,24,37-41H,18,23,25-28H2,1H3,(H,48,54)(H,49,56)(H,50,55)(H,51,57)(H,52,58)(H,53,59)(H,60,61)/t37-,38+,39-,40+,41+/m0/s1. The van der Waals surface area contributed by atoms with Crippen molar-refractivity contribution in [2.75, 3.05) is 5.32 Å². The van der Waals surface area contributed by atoms with Crippen LogP contribution in [0.4, 0.5) is 5.69 Å². The summed E-state index contributed by atoms with van der Waals surface area (Å²) in [7, 11) is 0. The van der Waals surface area contributed by atoms with E-state index >= 15 is 0 Å². The topological polar surface area (TPSA) is 212 Å². The fourth-order valence-corrected chi connectivity index (χ4v) is 7.82. The first-order valence-corrected chi connectivity index (χ1v) is 21.1. The maximum atomic E-state index is 14.5. The largest absolute Gasteiger partial charge is 0.480 e. The average Bonchev–Trinajstić information content (AvgIpc) is 3.78. The molecule has 3 heterocycles. The van der Waals surface area contributed by atoms with Gasteiger partial charge in [-0.1, -0.05) is 103 Å². The highest BCUT2D eigenvalue weighted by Crippen LogP contribution is 2.21. The third-order valence-electron chi connectivity index (χ3n) is 10.3. The van der Waals surface area contributed by atoms with Gasteiger partial charge in [-0.25, -0.2) is 4.79 Å². The van der Waals surface area contributed by atoms with E-state index in [2.05, 4.69) is 31.9 Å². The molecular weight excluding hydrogens is 809 g/mol. The maximum absolute atomic E-state index is 14.5. The quantitative estimate of drug-likeness (QED) is 0.108. The second-order valence-electron chi connectivity index (χ2n) is 15.1. The highest BCUT2D eigenvalue weighted by Gasteiger charge is 2.33. The molecule has 0 unspecified atom stereocenters. The Labute approximate surface area is 362 Å². The van der Waals surface area contributed by atoms with Crippen molar-refractivity contribution in [2.24, 2.45) is 0 Å². The Kier molecular flexibility index (Phi) is 15.3. The van der Waals surface area contributed by atoms with Gasteiger partial charge >= 0.3 is 5.97 Å². The molecule has 2 aliphatic heterocycles. The van der Waals surface area contributed by atoms with Crippen molar-refractivity contribution in [3.05, 3.63) is 148 Å². The van der Waals surface area contributed by atoms with E-state index < -0.39 is 78.0 Å². The summed E-state index contributed by atoms with van der Waals surface area (Å²) >= 11 is 1.36. The van der Waals surface area contributed by atoms with Gasteiger partial charge in [0, 0.05) is 36.8 Å². The number of carboxylic acid groups (broad SMARTS) is 1. The van der Waals surface area contributed by atoms with E-state index in [0.29, 0.717) is 22.4 Å². The van der Waals surface area contributed by atoms with Crippen LogP contribution in [0.15, 0.2) is 127 Å². The summed E-state index contributed by atoms with van der Waals surface area (Å²) in [6.45, 7) is 1.21. The van der Waals surface area contributed by atoms with Gasteiger partial charge in [0.2, 0.25) is 35.4 Å². The lowest BCUT2D eigenvalue weighted by Gasteiger charge is -2.27. The summed E-state index contributed by atoms with van der Waals surface area (Å²) in [6, 6.07) is 29.8. The molecule has 62 heavy (non-hydrogen) atoms. The molecule has 0 saturated heterocycles. The van der Waals surface area contributed by atoms with E-state index in [4.69, 9.17) is 0 Å². The van der Waals surface area contributed by atoms with Crippen LogP contribution in [-0.4, -0.2) is 76.7 Å². The van der Waals surface area contributed by atoms with Gasteiger partial charge < -0.3 is 37.0 Å². The van der Waals surface area contributed by atoms with Crippen molar-refractivity contribution in [1.82, 2.24) is 26.6 Å². The molecule has 15 heteroatoms. The van der Waals surface area contributed by atoms with Crippen molar-refractivity contribution in [2.45, 2.75) is 75.7 Å². The van der Waals surface area contributed by atoms with Crippen LogP contribution >= 0.6 is 11.3 Å². The fourth-order valence-electron chi connectivity index (χ4n) is 7.07. The Bertz CT molecular complexity index is 2340. The molecule has 0 saturated carbocycles. The Morgan fingerprint density at radius 2 is 1.19 bits per heavy atom. The SMILES string of the molecule is CC(=O)N[C@@H]1CC(=O)N[C@H](Cc2cccs2)C(=O)N[C@@H](Cc2ccc(-c3ccccc3)cc2)C(=O)N[C@H](Cc2ccccc2)C(=O)N[C@H](C(=O)O)CCc2ccc(cc2)NC1=O. The summed E-state index contributed by atoms with van der Waals surface area (Å²) < 4.78 is 0. The maximum Gasteiger partial charge on any atom is 0.326 e. The predicted molar refractivity (Wildman–Crippen MR) is 235 cm³/mol. The second kappa shape index (κ2) is 21.4. The monoisotopic (exact) mass is 856 g/mol. The van der Waals surface area contributed by atoms with Gasteiger partial charge in [0.25, 0.3) is 0 Å². The Morgan fingerprint density at radius 1 is 0.629 bits per heavy atom. The zero-order valence-corrected chi connectivity index (χ0v) is 34.8. The summed E-state index contributed by atoms with van der Waals surface area (Å²) in [5.74, 6) is -5.39. The van der Waals surface area contributed by atoms with Crippen LogP contribution in [0.25, 0.3) is 11.1 Å². The minimum Gasteiger partial charge on any atom is -0.480 e. The number of carboxylic acids is 1. The van der Waals surface area contributed by atoms with Gasteiger partial charge in [-0.15, -0.1) is 11.3 Å². The van der Waals surface area contributed by atoms with Crippen molar-refractivity contribution in [3.63, 3.8) is 0 Å². The number of hydrogen-bond acceptors (Lipinski definition) is 8. The van der Waals surface area contributed by atoms with Crippen LogP contribution in [0.2, 0.25) is 0 Å². The molecule has 7 rings (SSSR count). The van der Waals surface area contributed by atoms with E-state index in [1.165, 1.54) is 18.3 Å². The van der Waals surface area contributed by atoms with Crippen LogP contribution < -0.4 is 31.9 Å². The van der Waals surface area contributed by atoms with Gasteiger partial charge in [0.05, 0.1) is 6.42 Å². The summed E-state index contributed by atoms with van der Waals surface area (Å²) in [4.78, 5) is 95.5. The number of fused-ring (bicyclic) bond motifs is 19. The van der Waals surface area contributed by atoms with Gasteiger partial charge in [-0.3, -0.25) is 28.8 Å². The van der Waals surface area contributed by atoms with Crippen molar-refractivity contribution in [3.8, 4) is 11.1 Å². The Balaban J connectivity index is 1.36. The van der Waals surface area contributed by atoms with Gasteiger partial charge in [0.15, 0.2) is 0 Å². The number of thiophene rings is 1. The number of carbonyl (C=O) groups excluding carboxylic acids is 6. The van der Waals surface area contributed by atoms with Gasteiger partial charge in [-0.2, -0.15) is 0 Å². The molecule has 320 valence electrons. The first-order chi connectivity index (χ1) is 29.9. The summed E-state index contributed by atoms with van der Waals surface area (Å²) in [6.07, 6.45) is -0.248. The molecule has 2 aliphatic rings. The smallest absolute Gasteiger partial charge is 0.326 e. The summed E-state index contributed by atoms with van der Waals surface area (Å²) in [5, 5.41) is 28.2. The molecule has 0 radical (unpaired) electrons. The minimum absolute atomic E-state index is 0.00177. The lowest BCUT2D eigenvalue weighted by atomic mass is 9.99. The third-order valence-corrected chi connectivity index (χ3v) is 11.2. The minimum atomic E-state index is -1.33. The van der Waals surface area contributed by atoms with Crippen molar-refractivity contribution in [1.29, 1.82) is 0 Å². The third kappa shape index (κ3) is 12.9. The van der Waals surface area contributed by atoms with Crippen LogP contribution in [0.1, 0.15) is 41.3 Å². The number of aryl methyl sites for hydroxylation is 1. The molecule has 7 N–H and O–H groups in total. The zero-order valence-electron chi connectivity index (χ0n) is 34.0. The number of amides is 6. The highest BCUT2D eigenvalue weighted by molar-refractivity contribution is 7.09. The fraction of sp³-hybridized carbons (Fsp3) is 0.255. The van der Waals surface area contributed by atoms with E-state index in [1.807, 2.05) is 60.0 Å². The van der Waals surface area contributed by atoms with Gasteiger partial charge in [0.1, 0.15) is 30.2 Å². The number of benzene rings is 4. The molecule has 0 aliphatic carbocycles. The van der Waals surface area contributed by atoms with E-state index in [1.54, 1.807) is 66.7 Å². The van der Waals surface area contributed by atoms with E-state index in [0.717, 1.165) is 16.0 Å². The Hall–Kier alpha value is -7.13. The molecule has 2 bridgehead atoms. The van der Waals surface area contributed by atoms with Crippen molar-refractivity contribution < 1.29 is 38.7 Å².